The zero-order valence-corrected chi connectivity index (χ0v) is 17.2. The molecule has 0 saturated carbocycles. The van der Waals surface area contributed by atoms with E-state index in [0.29, 0.717) is 0 Å². The molecule has 0 N–H and O–H groups in total. The molecule has 0 aromatic heterocycles. The second kappa shape index (κ2) is 7.38. The minimum absolute atomic E-state index is 0.0490. The SMILES string of the molecule is CC(C)(c1ccc(Oc2ccccc2)cc1)C1C=Cc2c(ccc3ccccc23)O1. The minimum Gasteiger partial charge on any atom is -0.485 e. The maximum atomic E-state index is 6.47. The Kier molecular flexibility index (Phi) is 4.55. The molecule has 0 radical (unpaired) electrons. The lowest BCUT2D eigenvalue weighted by atomic mass is 9.78. The first kappa shape index (κ1) is 18.5. The second-order valence-electron chi connectivity index (χ2n) is 8.26. The van der Waals surface area contributed by atoms with Crippen LogP contribution in [0.5, 0.6) is 17.2 Å². The quantitative estimate of drug-likeness (QED) is 0.361. The Balaban J connectivity index is 1.39. The summed E-state index contributed by atoms with van der Waals surface area (Å²) in [6.07, 6.45) is 4.34. The average molecular weight is 392 g/mol. The van der Waals surface area contributed by atoms with Gasteiger partial charge >= 0.3 is 0 Å². The van der Waals surface area contributed by atoms with Gasteiger partial charge in [-0.05, 0) is 52.7 Å². The van der Waals surface area contributed by atoms with Gasteiger partial charge in [-0.1, -0.05) is 80.6 Å². The van der Waals surface area contributed by atoms with Crippen LogP contribution in [0, 0.1) is 0 Å². The first-order valence-corrected chi connectivity index (χ1v) is 10.3. The highest BCUT2D eigenvalue weighted by molar-refractivity contribution is 5.93. The van der Waals surface area contributed by atoms with E-state index in [4.69, 9.17) is 9.47 Å². The van der Waals surface area contributed by atoms with Crippen LogP contribution in [-0.2, 0) is 5.41 Å². The van der Waals surface area contributed by atoms with E-state index in [1.165, 1.54) is 16.3 Å². The summed E-state index contributed by atoms with van der Waals surface area (Å²) in [4.78, 5) is 0. The lowest BCUT2D eigenvalue weighted by Crippen LogP contribution is -2.37. The number of hydrogen-bond donors (Lipinski definition) is 0. The Labute approximate surface area is 177 Å². The summed E-state index contributed by atoms with van der Waals surface area (Å²) in [6.45, 7) is 4.45. The van der Waals surface area contributed by atoms with Crippen LogP contribution >= 0.6 is 0 Å². The Morgan fingerprint density at radius 3 is 2.23 bits per heavy atom. The van der Waals surface area contributed by atoms with E-state index >= 15 is 0 Å². The van der Waals surface area contributed by atoms with Gasteiger partial charge in [-0.3, -0.25) is 0 Å². The zero-order valence-electron chi connectivity index (χ0n) is 17.2. The molecule has 0 fully saturated rings. The van der Waals surface area contributed by atoms with Crippen molar-refractivity contribution in [3.63, 3.8) is 0 Å². The number of rotatable bonds is 4. The summed E-state index contributed by atoms with van der Waals surface area (Å²) >= 11 is 0. The monoisotopic (exact) mass is 392 g/mol. The Morgan fingerprint density at radius 2 is 1.43 bits per heavy atom. The van der Waals surface area contributed by atoms with Crippen molar-refractivity contribution in [2.24, 2.45) is 0 Å². The van der Waals surface area contributed by atoms with Gasteiger partial charge in [0.1, 0.15) is 23.4 Å². The van der Waals surface area contributed by atoms with Crippen LogP contribution in [0.2, 0.25) is 0 Å². The summed E-state index contributed by atoms with van der Waals surface area (Å²) in [6, 6.07) is 30.8. The Morgan fingerprint density at radius 1 is 0.733 bits per heavy atom. The number of fused-ring (bicyclic) bond motifs is 3. The third-order valence-electron chi connectivity index (χ3n) is 5.91. The molecule has 1 heterocycles. The van der Waals surface area contributed by atoms with E-state index < -0.39 is 0 Å². The van der Waals surface area contributed by atoms with Gasteiger partial charge in [0, 0.05) is 11.0 Å². The molecule has 4 aromatic carbocycles. The summed E-state index contributed by atoms with van der Waals surface area (Å²) in [5, 5.41) is 2.46. The molecule has 0 aliphatic carbocycles. The molecule has 0 bridgehead atoms. The molecule has 4 aromatic rings. The van der Waals surface area contributed by atoms with Crippen molar-refractivity contribution in [3.8, 4) is 17.2 Å². The van der Waals surface area contributed by atoms with E-state index in [-0.39, 0.29) is 11.5 Å². The normalized spacial score (nSPS) is 15.5. The van der Waals surface area contributed by atoms with Crippen LogP contribution in [0.15, 0.2) is 97.1 Å². The van der Waals surface area contributed by atoms with Crippen molar-refractivity contribution in [3.05, 3.63) is 108 Å². The molecule has 2 nitrogen and oxygen atoms in total. The van der Waals surface area contributed by atoms with Crippen LogP contribution in [-0.4, -0.2) is 6.10 Å². The maximum absolute atomic E-state index is 6.47. The van der Waals surface area contributed by atoms with E-state index in [2.05, 4.69) is 74.5 Å². The van der Waals surface area contributed by atoms with Crippen molar-refractivity contribution in [2.75, 3.05) is 0 Å². The molecular weight excluding hydrogens is 368 g/mol. The number of para-hydroxylation sites is 1. The molecule has 148 valence electrons. The van der Waals surface area contributed by atoms with Crippen molar-refractivity contribution in [1.82, 2.24) is 0 Å². The van der Waals surface area contributed by atoms with E-state index in [0.717, 1.165) is 22.8 Å². The molecule has 1 aliphatic rings. The summed E-state index contributed by atoms with van der Waals surface area (Å²) in [5.41, 5.74) is 2.18. The number of hydrogen-bond acceptors (Lipinski definition) is 2. The second-order valence-corrected chi connectivity index (χ2v) is 8.26. The standard InChI is InChI=1S/C28H24O2/c1-28(2,21-13-15-23(16-14-21)29-22-9-4-3-5-10-22)27-19-17-25-24-11-7-6-8-20(24)12-18-26(25)30-27/h3-19,27H,1-2H3. The predicted molar refractivity (Wildman–Crippen MR) is 123 cm³/mol. The van der Waals surface area contributed by atoms with E-state index in [9.17, 15) is 0 Å². The van der Waals surface area contributed by atoms with Gasteiger partial charge in [0.25, 0.3) is 0 Å². The molecule has 0 amide bonds. The highest BCUT2D eigenvalue weighted by atomic mass is 16.5. The predicted octanol–water partition coefficient (Wildman–Crippen LogP) is 7.38. The van der Waals surface area contributed by atoms with Crippen LogP contribution in [0.3, 0.4) is 0 Å². The van der Waals surface area contributed by atoms with Crippen molar-refractivity contribution < 1.29 is 9.47 Å². The van der Waals surface area contributed by atoms with Gasteiger partial charge in [0.15, 0.2) is 0 Å². The summed E-state index contributed by atoms with van der Waals surface area (Å²) in [7, 11) is 0. The van der Waals surface area contributed by atoms with Gasteiger partial charge < -0.3 is 9.47 Å². The fraction of sp³-hybridized carbons (Fsp3) is 0.143. The molecule has 2 heteroatoms. The van der Waals surface area contributed by atoms with Gasteiger partial charge in [-0.2, -0.15) is 0 Å². The minimum atomic E-state index is -0.189. The largest absolute Gasteiger partial charge is 0.485 e. The fourth-order valence-corrected chi connectivity index (χ4v) is 4.04. The molecular formula is C28H24O2. The lowest BCUT2D eigenvalue weighted by Gasteiger charge is -2.35. The van der Waals surface area contributed by atoms with E-state index in [1.54, 1.807) is 0 Å². The van der Waals surface area contributed by atoms with Crippen molar-refractivity contribution in [1.29, 1.82) is 0 Å². The number of benzene rings is 4. The van der Waals surface area contributed by atoms with Crippen LogP contribution in [0.25, 0.3) is 16.8 Å². The third kappa shape index (κ3) is 3.35. The Hall–Kier alpha value is -3.52. The van der Waals surface area contributed by atoms with Gasteiger partial charge in [0.05, 0.1) is 0 Å². The average Bonchev–Trinajstić information content (AvgIpc) is 2.79. The first-order valence-electron chi connectivity index (χ1n) is 10.3. The van der Waals surface area contributed by atoms with Crippen molar-refractivity contribution in [2.45, 2.75) is 25.4 Å². The molecule has 1 atom stereocenters. The topological polar surface area (TPSA) is 18.5 Å². The summed E-state index contributed by atoms with van der Waals surface area (Å²) < 4.78 is 12.4. The first-order chi connectivity index (χ1) is 14.6. The Bertz CT molecular complexity index is 1200. The smallest absolute Gasteiger partial charge is 0.128 e. The molecule has 5 rings (SSSR count). The maximum Gasteiger partial charge on any atom is 0.128 e. The molecule has 1 unspecified atom stereocenters. The van der Waals surface area contributed by atoms with Crippen LogP contribution in [0.1, 0.15) is 25.0 Å². The fourth-order valence-electron chi connectivity index (χ4n) is 4.04. The third-order valence-corrected chi connectivity index (χ3v) is 5.91. The van der Waals surface area contributed by atoms with E-state index in [1.807, 2.05) is 42.5 Å². The molecule has 0 spiro atoms. The number of ether oxygens (including phenoxy) is 2. The zero-order chi connectivity index (χ0) is 20.6. The highest BCUT2D eigenvalue weighted by Gasteiger charge is 2.33. The lowest BCUT2D eigenvalue weighted by molar-refractivity contribution is 0.166. The van der Waals surface area contributed by atoms with Gasteiger partial charge in [-0.25, -0.2) is 0 Å². The highest BCUT2D eigenvalue weighted by Crippen LogP contribution is 2.39. The molecule has 0 saturated heterocycles. The van der Waals surface area contributed by atoms with Gasteiger partial charge in [0.2, 0.25) is 0 Å². The molecule has 30 heavy (non-hydrogen) atoms. The van der Waals surface area contributed by atoms with Crippen LogP contribution in [0.4, 0.5) is 0 Å². The molecule has 1 aliphatic heterocycles. The van der Waals surface area contributed by atoms with Gasteiger partial charge in [-0.15, -0.1) is 0 Å². The van der Waals surface area contributed by atoms with Crippen LogP contribution < -0.4 is 9.47 Å². The summed E-state index contributed by atoms with van der Waals surface area (Å²) in [5.74, 6) is 2.61. The van der Waals surface area contributed by atoms with Crippen molar-refractivity contribution >= 4 is 16.8 Å².